The molecule has 5 aliphatic rings. The van der Waals surface area contributed by atoms with E-state index in [0.717, 1.165) is 12.3 Å². The molecule has 2 fully saturated rings. The van der Waals surface area contributed by atoms with E-state index in [2.05, 4.69) is 23.7 Å². The predicted octanol–water partition coefficient (Wildman–Crippen LogP) is 3.01. The van der Waals surface area contributed by atoms with Gasteiger partial charge in [0.2, 0.25) is 0 Å². The van der Waals surface area contributed by atoms with Crippen LogP contribution in [-0.2, 0) is 4.74 Å². The number of allylic oxidation sites excluding steroid dienone is 1. The highest BCUT2D eigenvalue weighted by molar-refractivity contribution is 7.07. The van der Waals surface area contributed by atoms with Crippen molar-refractivity contribution in [3.8, 4) is 0 Å². The minimum absolute atomic E-state index is 0. The van der Waals surface area contributed by atoms with Crippen LogP contribution in [0.25, 0.3) is 11.8 Å². The van der Waals surface area contributed by atoms with Gasteiger partial charge in [0.1, 0.15) is 11.9 Å². The molecule has 2 bridgehead atoms. The van der Waals surface area contributed by atoms with Crippen molar-refractivity contribution in [1.29, 1.82) is 0 Å². The predicted molar refractivity (Wildman–Crippen MR) is 91.6 cm³/mol. The van der Waals surface area contributed by atoms with Crippen LogP contribution in [0.2, 0.25) is 0 Å². The maximum Gasteiger partial charge on any atom is 0.126 e. The lowest BCUT2D eigenvalue weighted by Gasteiger charge is -2.48. The van der Waals surface area contributed by atoms with Gasteiger partial charge in [-0.05, 0) is 59.9 Å². The first kappa shape index (κ1) is 13.4. The molecule has 4 atom stereocenters. The van der Waals surface area contributed by atoms with E-state index in [1.54, 1.807) is 0 Å². The fourth-order valence-electron chi connectivity index (χ4n) is 5.65. The molecular weight excluding hydrogens is 314 g/mol. The Bertz CT molecular complexity index is 851. The van der Waals surface area contributed by atoms with Gasteiger partial charge in [-0.2, -0.15) is 0 Å². The number of fused-ring (bicyclic) bond motifs is 1. The number of nitrogens with zero attached hydrogens (tertiary/aromatic N) is 1. The standard InChI is InChI=1S/C18H17NOS.ClH/c1-2-10-9-13-12-8-11-4-7-21-16(11)17-18(12,5-6-19-13)15(10)14(3-1)20-17;/h4,6-8,10,14-15H,1-3,5,9H2;1H. The molecule has 6 rings (SSSR count). The van der Waals surface area contributed by atoms with E-state index < -0.39 is 0 Å². The van der Waals surface area contributed by atoms with E-state index in [4.69, 9.17) is 9.73 Å². The number of hydrogen-bond acceptors (Lipinski definition) is 3. The van der Waals surface area contributed by atoms with Crippen molar-refractivity contribution in [3.05, 3.63) is 32.5 Å². The number of ether oxygens (including phenoxy) is 1. The number of thiophene rings is 1. The Morgan fingerprint density at radius 2 is 2.27 bits per heavy atom. The second-order valence-electron chi connectivity index (χ2n) is 7.10. The highest BCUT2D eigenvalue weighted by Gasteiger charge is 2.63. The van der Waals surface area contributed by atoms with E-state index in [-0.39, 0.29) is 17.8 Å². The second-order valence-corrected chi connectivity index (χ2v) is 8.02. The average molecular weight is 332 g/mol. The molecule has 1 spiro atoms. The summed E-state index contributed by atoms with van der Waals surface area (Å²) in [4.78, 5) is 4.79. The summed E-state index contributed by atoms with van der Waals surface area (Å²) < 4.78 is 8.01. The number of halogens is 1. The molecule has 1 saturated carbocycles. The largest absolute Gasteiger partial charge is 0.492 e. The summed E-state index contributed by atoms with van der Waals surface area (Å²) in [5, 5.41) is 3.56. The summed E-state index contributed by atoms with van der Waals surface area (Å²) in [6, 6.07) is 2.24. The molecular formula is C18H18ClNOS. The van der Waals surface area contributed by atoms with Gasteiger partial charge in [-0.3, -0.25) is 4.99 Å². The normalized spacial score (nSPS) is 39.5. The molecule has 114 valence electrons. The first-order chi connectivity index (χ1) is 10.4. The van der Waals surface area contributed by atoms with Gasteiger partial charge in [0, 0.05) is 24.3 Å². The van der Waals surface area contributed by atoms with Gasteiger partial charge in [-0.1, -0.05) is 0 Å². The van der Waals surface area contributed by atoms with Crippen molar-refractivity contribution in [2.45, 2.75) is 38.2 Å². The molecule has 0 aromatic carbocycles. The molecule has 0 radical (unpaired) electrons. The van der Waals surface area contributed by atoms with Gasteiger partial charge in [0.05, 0.1) is 9.95 Å². The van der Waals surface area contributed by atoms with Crippen molar-refractivity contribution < 1.29 is 4.74 Å². The Hall–Kier alpha value is -1.06. The summed E-state index contributed by atoms with van der Waals surface area (Å²) in [7, 11) is 0. The monoisotopic (exact) mass is 331 g/mol. The highest BCUT2D eigenvalue weighted by atomic mass is 35.5. The molecule has 1 aromatic heterocycles. The lowest BCUT2D eigenvalue weighted by atomic mass is 9.53. The summed E-state index contributed by atoms with van der Waals surface area (Å²) >= 11 is 1.85. The topological polar surface area (TPSA) is 21.6 Å². The van der Waals surface area contributed by atoms with E-state index in [1.807, 2.05) is 11.3 Å². The summed E-state index contributed by atoms with van der Waals surface area (Å²) in [6.07, 6.45) is 11.2. The third-order valence-electron chi connectivity index (χ3n) is 6.32. The van der Waals surface area contributed by atoms with Crippen LogP contribution < -0.4 is 9.75 Å². The molecule has 22 heavy (non-hydrogen) atoms. The van der Waals surface area contributed by atoms with Crippen LogP contribution in [0.15, 0.2) is 27.7 Å². The third-order valence-corrected chi connectivity index (χ3v) is 7.25. The van der Waals surface area contributed by atoms with Crippen molar-refractivity contribution in [2.75, 3.05) is 0 Å². The van der Waals surface area contributed by atoms with Crippen LogP contribution in [0, 0.1) is 17.3 Å². The van der Waals surface area contributed by atoms with E-state index >= 15 is 0 Å². The van der Waals surface area contributed by atoms with Crippen LogP contribution in [0.5, 0.6) is 0 Å². The molecule has 1 aromatic rings. The summed E-state index contributed by atoms with van der Waals surface area (Å²) in [6.45, 7) is 0. The Morgan fingerprint density at radius 3 is 3.23 bits per heavy atom. The maximum absolute atomic E-state index is 6.62. The van der Waals surface area contributed by atoms with Gasteiger partial charge in [-0.15, -0.1) is 23.7 Å². The number of hydrogen-bond donors (Lipinski definition) is 0. The second kappa shape index (κ2) is 4.27. The zero-order valence-corrected chi connectivity index (χ0v) is 13.9. The van der Waals surface area contributed by atoms with E-state index in [9.17, 15) is 0 Å². The third kappa shape index (κ3) is 1.32. The first-order valence-electron chi connectivity index (χ1n) is 8.11. The summed E-state index contributed by atoms with van der Waals surface area (Å²) in [5.74, 6) is 2.78. The quantitative estimate of drug-likeness (QED) is 0.716. The van der Waals surface area contributed by atoms with Crippen LogP contribution in [0.3, 0.4) is 0 Å². The highest BCUT2D eigenvalue weighted by Crippen LogP contribution is 2.65. The van der Waals surface area contributed by atoms with Gasteiger partial charge in [-0.25, -0.2) is 0 Å². The molecule has 3 aliphatic carbocycles. The zero-order chi connectivity index (χ0) is 13.6. The maximum atomic E-state index is 6.62. The summed E-state index contributed by atoms with van der Waals surface area (Å²) in [5.41, 5.74) is 2.99. The van der Waals surface area contributed by atoms with Gasteiger partial charge >= 0.3 is 0 Å². The minimum atomic E-state index is 0. The molecule has 1 saturated heterocycles. The lowest BCUT2D eigenvalue weighted by Crippen LogP contribution is -2.48. The molecule has 2 aliphatic heterocycles. The Morgan fingerprint density at radius 1 is 1.32 bits per heavy atom. The van der Waals surface area contributed by atoms with Gasteiger partial charge in [0.25, 0.3) is 0 Å². The van der Waals surface area contributed by atoms with Crippen molar-refractivity contribution in [1.82, 2.24) is 0 Å². The van der Waals surface area contributed by atoms with Crippen LogP contribution in [-0.4, -0.2) is 12.3 Å². The molecule has 4 unspecified atom stereocenters. The van der Waals surface area contributed by atoms with Crippen molar-refractivity contribution in [2.24, 2.45) is 22.2 Å². The van der Waals surface area contributed by atoms with Crippen molar-refractivity contribution in [3.63, 3.8) is 0 Å². The van der Waals surface area contributed by atoms with E-state index in [0.29, 0.717) is 12.0 Å². The van der Waals surface area contributed by atoms with Crippen molar-refractivity contribution >= 4 is 41.8 Å². The van der Waals surface area contributed by atoms with Gasteiger partial charge in [0.15, 0.2) is 0 Å². The Balaban J connectivity index is 0.00000113. The number of rotatable bonds is 0. The van der Waals surface area contributed by atoms with Crippen LogP contribution in [0.1, 0.15) is 32.1 Å². The first-order valence-corrected chi connectivity index (χ1v) is 8.99. The molecule has 2 nitrogen and oxygen atoms in total. The molecule has 3 heterocycles. The Labute approximate surface area is 139 Å². The Kier molecular flexibility index (Phi) is 2.60. The molecule has 0 amide bonds. The number of aliphatic imine (C=N–C) groups is 1. The van der Waals surface area contributed by atoms with Gasteiger partial charge < -0.3 is 4.74 Å². The average Bonchev–Trinajstić information content (AvgIpc) is 3.06. The SMILES string of the molecule is C1=NC2=C3C=c4ccsc4=C4OC5CCCC(C2)C5C34C1.Cl. The molecule has 4 heteroatoms. The zero-order valence-electron chi connectivity index (χ0n) is 12.2. The molecule has 0 N–H and O–H groups in total. The fraction of sp³-hybridized carbons (Fsp3) is 0.500. The smallest absolute Gasteiger partial charge is 0.126 e. The minimum Gasteiger partial charge on any atom is -0.492 e. The lowest BCUT2D eigenvalue weighted by molar-refractivity contribution is 0.0540. The van der Waals surface area contributed by atoms with Crippen LogP contribution >= 0.6 is 23.7 Å². The fourth-order valence-corrected chi connectivity index (χ4v) is 6.60. The van der Waals surface area contributed by atoms with E-state index in [1.165, 1.54) is 52.5 Å². The van der Waals surface area contributed by atoms with Crippen LogP contribution in [0.4, 0.5) is 0 Å².